The number of rotatable bonds is 2. The van der Waals surface area contributed by atoms with Crippen LogP contribution in [-0.4, -0.2) is 0 Å². The zero-order valence-electron chi connectivity index (χ0n) is 11.2. The first kappa shape index (κ1) is 16.0. The van der Waals surface area contributed by atoms with Crippen LogP contribution in [0.15, 0.2) is 0 Å². The molecule has 0 aliphatic rings. The number of hydrogen-bond acceptors (Lipinski definition) is 2. The zero-order chi connectivity index (χ0) is 12.5. The number of hydrogen-bond donors (Lipinski definition) is 1. The van der Waals surface area contributed by atoms with Gasteiger partial charge in [0, 0.05) is 6.04 Å². The summed E-state index contributed by atoms with van der Waals surface area (Å²) in [5.41, 5.74) is 13.6. The van der Waals surface area contributed by atoms with Gasteiger partial charge in [0.25, 0.3) is 0 Å². The number of nitrogens with two attached hydrogens (primary N) is 1. The summed E-state index contributed by atoms with van der Waals surface area (Å²) < 4.78 is 0. The maximum Gasteiger partial charge on any atom is 0.0641 e. The van der Waals surface area contributed by atoms with Crippen molar-refractivity contribution in [1.82, 2.24) is 0 Å². The van der Waals surface area contributed by atoms with Gasteiger partial charge in [0.15, 0.2) is 0 Å². The summed E-state index contributed by atoms with van der Waals surface area (Å²) >= 11 is 0. The number of nitriles is 1. The van der Waals surface area contributed by atoms with E-state index in [9.17, 15) is 0 Å². The van der Waals surface area contributed by atoms with Crippen molar-refractivity contribution in [2.24, 2.45) is 5.73 Å². The smallest absolute Gasteiger partial charge is 0.0641 e. The van der Waals surface area contributed by atoms with Gasteiger partial charge < -0.3 is 5.73 Å². The third-order valence-electron chi connectivity index (χ3n) is 3.74. The van der Waals surface area contributed by atoms with Crippen LogP contribution in [0.3, 0.4) is 0 Å². The second kappa shape index (κ2) is 6.05. The van der Waals surface area contributed by atoms with E-state index in [0.29, 0.717) is 6.42 Å². The highest BCUT2D eigenvalue weighted by molar-refractivity contribution is 5.85. The Bertz CT molecular complexity index is 429. The molecule has 0 unspecified atom stereocenters. The predicted octanol–water partition coefficient (Wildman–Crippen LogP) is 3.56. The van der Waals surface area contributed by atoms with Gasteiger partial charge in [0.1, 0.15) is 0 Å². The third kappa shape index (κ3) is 2.80. The van der Waals surface area contributed by atoms with E-state index >= 15 is 0 Å². The quantitative estimate of drug-likeness (QED) is 0.875. The molecule has 3 heteroatoms. The van der Waals surface area contributed by atoms with Crippen LogP contribution in [-0.2, 0) is 0 Å². The minimum Gasteiger partial charge on any atom is -0.323 e. The lowest BCUT2D eigenvalue weighted by atomic mass is 9.86. The lowest BCUT2D eigenvalue weighted by molar-refractivity contribution is 0.732. The van der Waals surface area contributed by atoms with Crippen molar-refractivity contribution in [1.29, 1.82) is 5.26 Å². The lowest BCUT2D eigenvalue weighted by Gasteiger charge is -2.21. The standard InChI is InChI=1S/C14H20N2.ClH/c1-8-9(2)11(4)14(12(5)10(8)3)13(16)6-7-15;/h13H,6,16H2,1-5H3;1H/t13-;/m0./s1. The van der Waals surface area contributed by atoms with Crippen LogP contribution in [0.4, 0.5) is 0 Å². The first-order valence-electron chi connectivity index (χ1n) is 5.61. The minimum absolute atomic E-state index is 0. The van der Waals surface area contributed by atoms with E-state index in [4.69, 9.17) is 11.0 Å². The van der Waals surface area contributed by atoms with Gasteiger partial charge in [-0.3, -0.25) is 0 Å². The van der Waals surface area contributed by atoms with Crippen LogP contribution in [0.25, 0.3) is 0 Å². The Labute approximate surface area is 110 Å². The molecular formula is C14H21ClN2. The Balaban J connectivity index is 0.00000256. The van der Waals surface area contributed by atoms with Crippen LogP contribution >= 0.6 is 12.4 Å². The second-order valence-electron chi connectivity index (χ2n) is 4.51. The lowest BCUT2D eigenvalue weighted by Crippen LogP contribution is -2.15. The zero-order valence-corrected chi connectivity index (χ0v) is 12.0. The molecule has 0 aliphatic carbocycles. The third-order valence-corrected chi connectivity index (χ3v) is 3.74. The summed E-state index contributed by atoms with van der Waals surface area (Å²) in [7, 11) is 0. The molecule has 0 heterocycles. The molecule has 0 bridgehead atoms. The second-order valence-corrected chi connectivity index (χ2v) is 4.51. The average Bonchev–Trinajstić information content (AvgIpc) is 2.24. The normalized spacial score (nSPS) is 11.6. The minimum atomic E-state index is -0.164. The monoisotopic (exact) mass is 252 g/mol. The van der Waals surface area contributed by atoms with Gasteiger partial charge >= 0.3 is 0 Å². The van der Waals surface area contributed by atoms with Crippen molar-refractivity contribution in [2.75, 3.05) is 0 Å². The maximum atomic E-state index is 8.74. The van der Waals surface area contributed by atoms with Crippen LogP contribution in [0.1, 0.15) is 45.8 Å². The van der Waals surface area contributed by atoms with Gasteiger partial charge in [-0.2, -0.15) is 5.26 Å². The molecule has 1 aromatic carbocycles. The Morgan fingerprint density at radius 2 is 1.29 bits per heavy atom. The molecule has 2 nitrogen and oxygen atoms in total. The Hall–Kier alpha value is -1.04. The number of benzene rings is 1. The fraction of sp³-hybridized carbons (Fsp3) is 0.500. The van der Waals surface area contributed by atoms with Gasteiger partial charge in [-0.1, -0.05) is 0 Å². The van der Waals surface area contributed by atoms with Crippen molar-refractivity contribution >= 4 is 12.4 Å². The highest BCUT2D eigenvalue weighted by Gasteiger charge is 2.17. The van der Waals surface area contributed by atoms with E-state index in [1.54, 1.807) is 0 Å². The predicted molar refractivity (Wildman–Crippen MR) is 74.5 cm³/mol. The van der Waals surface area contributed by atoms with E-state index < -0.39 is 0 Å². The highest BCUT2D eigenvalue weighted by atomic mass is 35.5. The van der Waals surface area contributed by atoms with Gasteiger partial charge in [-0.15, -0.1) is 12.4 Å². The van der Waals surface area contributed by atoms with Crippen molar-refractivity contribution in [2.45, 2.75) is 47.1 Å². The SMILES string of the molecule is Cc1c(C)c(C)c([C@@H](N)CC#N)c(C)c1C.Cl. The van der Waals surface area contributed by atoms with Crippen LogP contribution in [0, 0.1) is 45.9 Å². The largest absolute Gasteiger partial charge is 0.323 e. The summed E-state index contributed by atoms with van der Waals surface area (Å²) in [6.45, 7) is 10.6. The molecule has 0 fully saturated rings. The van der Waals surface area contributed by atoms with E-state index in [2.05, 4.69) is 40.7 Å². The Kier molecular flexibility index (Phi) is 5.68. The highest BCUT2D eigenvalue weighted by Crippen LogP contribution is 2.30. The van der Waals surface area contributed by atoms with E-state index in [1.165, 1.54) is 27.8 Å². The summed E-state index contributed by atoms with van der Waals surface area (Å²) in [5.74, 6) is 0. The first-order valence-corrected chi connectivity index (χ1v) is 5.61. The molecule has 0 saturated carbocycles. The van der Waals surface area contributed by atoms with Gasteiger partial charge in [0.05, 0.1) is 12.5 Å². The topological polar surface area (TPSA) is 49.8 Å². The number of nitrogens with zero attached hydrogens (tertiary/aromatic N) is 1. The maximum absolute atomic E-state index is 8.74. The molecule has 17 heavy (non-hydrogen) atoms. The molecular weight excluding hydrogens is 232 g/mol. The summed E-state index contributed by atoms with van der Waals surface area (Å²) in [5, 5.41) is 8.74. The van der Waals surface area contributed by atoms with Gasteiger partial charge in [-0.25, -0.2) is 0 Å². The molecule has 0 radical (unpaired) electrons. The van der Waals surface area contributed by atoms with Gasteiger partial charge in [0.2, 0.25) is 0 Å². The summed E-state index contributed by atoms with van der Waals surface area (Å²) in [4.78, 5) is 0. The molecule has 0 amide bonds. The molecule has 0 saturated heterocycles. The first-order chi connectivity index (χ1) is 7.41. The number of halogens is 1. The molecule has 1 rings (SSSR count). The Morgan fingerprint density at radius 3 is 1.65 bits per heavy atom. The van der Waals surface area contributed by atoms with Crippen molar-refractivity contribution in [3.8, 4) is 6.07 Å². The molecule has 1 aromatic rings. The fourth-order valence-electron chi connectivity index (χ4n) is 2.29. The molecule has 0 spiro atoms. The summed E-state index contributed by atoms with van der Waals surface area (Å²) in [6.07, 6.45) is 0.379. The van der Waals surface area contributed by atoms with Crippen LogP contribution in [0.2, 0.25) is 0 Å². The molecule has 2 N–H and O–H groups in total. The van der Waals surface area contributed by atoms with E-state index in [0.717, 1.165) is 5.56 Å². The molecule has 1 atom stereocenters. The van der Waals surface area contributed by atoms with E-state index in [-0.39, 0.29) is 18.4 Å². The Morgan fingerprint density at radius 1 is 0.941 bits per heavy atom. The molecule has 0 aliphatic heterocycles. The fourth-order valence-corrected chi connectivity index (χ4v) is 2.29. The molecule has 0 aromatic heterocycles. The molecule has 94 valence electrons. The van der Waals surface area contributed by atoms with Gasteiger partial charge in [-0.05, 0) is 68.0 Å². The van der Waals surface area contributed by atoms with Crippen molar-refractivity contribution in [3.05, 3.63) is 33.4 Å². The summed E-state index contributed by atoms with van der Waals surface area (Å²) in [6, 6.07) is 1.99. The van der Waals surface area contributed by atoms with Crippen molar-refractivity contribution in [3.63, 3.8) is 0 Å². The van der Waals surface area contributed by atoms with E-state index in [1.807, 2.05) is 0 Å². The van der Waals surface area contributed by atoms with Crippen LogP contribution < -0.4 is 5.73 Å². The van der Waals surface area contributed by atoms with Crippen molar-refractivity contribution < 1.29 is 0 Å². The van der Waals surface area contributed by atoms with Crippen LogP contribution in [0.5, 0.6) is 0 Å². The average molecular weight is 253 g/mol.